The summed E-state index contributed by atoms with van der Waals surface area (Å²) in [7, 11) is 1.64. The van der Waals surface area contributed by atoms with Gasteiger partial charge in [0.1, 0.15) is 11.4 Å². The van der Waals surface area contributed by atoms with Crippen molar-refractivity contribution >= 4 is 17.2 Å². The molecule has 1 N–H and O–H groups in total. The molecule has 0 unspecified atom stereocenters. The minimum Gasteiger partial charge on any atom is -0.496 e. The van der Waals surface area contributed by atoms with Crippen LogP contribution in [-0.4, -0.2) is 23.4 Å². The van der Waals surface area contributed by atoms with Crippen LogP contribution in [0.1, 0.15) is 28.2 Å². The van der Waals surface area contributed by atoms with E-state index < -0.39 is 0 Å². The SMILES string of the molecule is COc1ccccc1-c1nc(CCCc2c[nH]c3ccccc23)oc1-c1ccccc1C=O. The average molecular weight is 437 g/mol. The number of hydrogen-bond acceptors (Lipinski definition) is 4. The first-order valence-electron chi connectivity index (χ1n) is 11.0. The van der Waals surface area contributed by atoms with Crippen molar-refractivity contribution in [2.24, 2.45) is 0 Å². The molecule has 33 heavy (non-hydrogen) atoms. The normalized spacial score (nSPS) is 11.1. The van der Waals surface area contributed by atoms with Crippen LogP contribution in [0.25, 0.3) is 33.5 Å². The molecule has 3 aromatic carbocycles. The van der Waals surface area contributed by atoms with Crippen LogP contribution in [0.4, 0.5) is 0 Å². The first-order valence-corrected chi connectivity index (χ1v) is 11.0. The van der Waals surface area contributed by atoms with Crippen molar-refractivity contribution in [3.63, 3.8) is 0 Å². The number of benzene rings is 3. The standard InChI is InChI=1S/C28H24N2O3/c1-32-25-15-7-5-13-23(25)27-28(22-12-3-2-9-20(22)18-31)33-26(30-27)16-8-10-19-17-29-24-14-6-4-11-21(19)24/h2-7,9,11-15,17-18,29H,8,10,16H2,1H3. The third-order valence-corrected chi connectivity index (χ3v) is 5.88. The van der Waals surface area contributed by atoms with Gasteiger partial charge in [0.25, 0.3) is 0 Å². The van der Waals surface area contributed by atoms with E-state index in [1.165, 1.54) is 10.9 Å². The molecule has 5 heteroatoms. The maximum Gasteiger partial charge on any atom is 0.195 e. The van der Waals surface area contributed by atoms with Crippen molar-refractivity contribution in [3.8, 4) is 28.3 Å². The van der Waals surface area contributed by atoms with Crippen molar-refractivity contribution in [3.05, 3.63) is 96.0 Å². The van der Waals surface area contributed by atoms with E-state index in [1.807, 2.05) is 48.5 Å². The number of nitrogens with one attached hydrogen (secondary N) is 1. The van der Waals surface area contributed by atoms with Crippen LogP contribution < -0.4 is 4.74 Å². The predicted octanol–water partition coefficient (Wildman–Crippen LogP) is 6.49. The van der Waals surface area contributed by atoms with E-state index in [9.17, 15) is 4.79 Å². The molecule has 0 amide bonds. The number of methoxy groups -OCH3 is 1. The van der Waals surface area contributed by atoms with E-state index in [4.69, 9.17) is 14.1 Å². The Kier molecular flexibility index (Phi) is 5.77. The second-order valence-electron chi connectivity index (χ2n) is 7.90. The molecule has 5 rings (SSSR count). The Bertz CT molecular complexity index is 1410. The molecule has 0 radical (unpaired) electrons. The number of aldehydes is 1. The zero-order valence-corrected chi connectivity index (χ0v) is 18.4. The van der Waals surface area contributed by atoms with E-state index in [0.29, 0.717) is 35.1 Å². The summed E-state index contributed by atoms with van der Waals surface area (Å²) in [5, 5.41) is 1.25. The van der Waals surface area contributed by atoms with Crippen LogP contribution in [-0.2, 0) is 12.8 Å². The van der Waals surface area contributed by atoms with Gasteiger partial charge < -0.3 is 14.1 Å². The zero-order valence-electron chi connectivity index (χ0n) is 18.4. The third kappa shape index (κ3) is 4.05. The van der Waals surface area contributed by atoms with E-state index in [1.54, 1.807) is 13.2 Å². The van der Waals surface area contributed by atoms with Gasteiger partial charge in [0, 0.05) is 40.2 Å². The minimum atomic E-state index is 0.565. The lowest BCUT2D eigenvalue weighted by Crippen LogP contribution is -1.92. The number of aromatic amines is 1. The molecule has 0 atom stereocenters. The third-order valence-electron chi connectivity index (χ3n) is 5.88. The lowest BCUT2D eigenvalue weighted by atomic mass is 10.0. The number of carbonyl (C=O) groups is 1. The Morgan fingerprint density at radius 1 is 0.939 bits per heavy atom. The fourth-order valence-electron chi connectivity index (χ4n) is 4.25. The van der Waals surface area contributed by atoms with Crippen LogP contribution >= 0.6 is 0 Å². The van der Waals surface area contributed by atoms with Crippen LogP contribution in [0.3, 0.4) is 0 Å². The van der Waals surface area contributed by atoms with Crippen molar-refractivity contribution < 1.29 is 13.9 Å². The number of rotatable bonds is 8. The van der Waals surface area contributed by atoms with E-state index >= 15 is 0 Å². The highest BCUT2D eigenvalue weighted by molar-refractivity contribution is 5.90. The number of aryl methyl sites for hydroxylation is 2. The second-order valence-corrected chi connectivity index (χ2v) is 7.90. The summed E-state index contributed by atoms with van der Waals surface area (Å²) < 4.78 is 11.8. The summed E-state index contributed by atoms with van der Waals surface area (Å²) >= 11 is 0. The first-order chi connectivity index (χ1) is 16.3. The van der Waals surface area contributed by atoms with Crippen molar-refractivity contribution in [2.45, 2.75) is 19.3 Å². The van der Waals surface area contributed by atoms with E-state index in [0.717, 1.165) is 35.8 Å². The molecule has 0 bridgehead atoms. The smallest absolute Gasteiger partial charge is 0.195 e. The van der Waals surface area contributed by atoms with Gasteiger partial charge in [-0.15, -0.1) is 0 Å². The largest absolute Gasteiger partial charge is 0.496 e. The van der Waals surface area contributed by atoms with Gasteiger partial charge in [0.2, 0.25) is 0 Å². The summed E-state index contributed by atoms with van der Waals surface area (Å²) in [4.78, 5) is 19.9. The molecular formula is C28H24N2O3. The zero-order chi connectivity index (χ0) is 22.6. The molecule has 0 aliphatic heterocycles. The Morgan fingerprint density at radius 2 is 1.70 bits per heavy atom. The molecule has 0 saturated carbocycles. The number of oxazole rings is 1. The van der Waals surface area contributed by atoms with Gasteiger partial charge in [-0.1, -0.05) is 54.6 Å². The molecule has 5 aromatic rings. The van der Waals surface area contributed by atoms with Crippen molar-refractivity contribution in [1.82, 2.24) is 9.97 Å². The number of aromatic nitrogens is 2. The molecule has 0 saturated heterocycles. The predicted molar refractivity (Wildman–Crippen MR) is 130 cm³/mol. The minimum absolute atomic E-state index is 0.565. The lowest BCUT2D eigenvalue weighted by molar-refractivity contribution is 0.112. The Balaban J connectivity index is 1.48. The number of nitrogens with zero attached hydrogens (tertiary/aromatic N) is 1. The number of para-hydroxylation sites is 2. The summed E-state index contributed by atoms with van der Waals surface area (Å²) in [6.07, 6.45) is 5.41. The Labute approximate surface area is 192 Å². The first kappa shape index (κ1) is 20.8. The second kappa shape index (κ2) is 9.17. The molecule has 0 spiro atoms. The molecular weight excluding hydrogens is 412 g/mol. The summed E-state index contributed by atoms with van der Waals surface area (Å²) in [6, 6.07) is 23.5. The quantitative estimate of drug-likeness (QED) is 0.282. The number of H-pyrrole nitrogens is 1. The topological polar surface area (TPSA) is 68.1 Å². The molecule has 5 nitrogen and oxygen atoms in total. The van der Waals surface area contributed by atoms with Gasteiger partial charge >= 0.3 is 0 Å². The highest BCUT2D eigenvalue weighted by Gasteiger charge is 2.21. The van der Waals surface area contributed by atoms with Gasteiger partial charge in [-0.3, -0.25) is 4.79 Å². The molecule has 2 heterocycles. The van der Waals surface area contributed by atoms with Crippen LogP contribution in [0.2, 0.25) is 0 Å². The fourth-order valence-corrected chi connectivity index (χ4v) is 4.25. The van der Waals surface area contributed by atoms with Gasteiger partial charge in [-0.05, 0) is 36.6 Å². The number of hydrogen-bond donors (Lipinski definition) is 1. The molecule has 0 fully saturated rings. The van der Waals surface area contributed by atoms with Crippen molar-refractivity contribution in [1.29, 1.82) is 0 Å². The van der Waals surface area contributed by atoms with Gasteiger partial charge in [0.05, 0.1) is 7.11 Å². The van der Waals surface area contributed by atoms with Crippen LogP contribution in [0, 0.1) is 0 Å². The number of carbonyl (C=O) groups excluding carboxylic acids is 1. The molecule has 164 valence electrons. The summed E-state index contributed by atoms with van der Waals surface area (Å²) in [5.74, 6) is 1.94. The van der Waals surface area contributed by atoms with Gasteiger partial charge in [0.15, 0.2) is 17.9 Å². The van der Waals surface area contributed by atoms with Crippen LogP contribution in [0.15, 0.2) is 83.4 Å². The number of fused-ring (bicyclic) bond motifs is 1. The highest BCUT2D eigenvalue weighted by atomic mass is 16.5. The molecule has 0 aliphatic rings. The highest BCUT2D eigenvalue weighted by Crippen LogP contribution is 2.38. The summed E-state index contributed by atoms with van der Waals surface area (Å²) in [6.45, 7) is 0. The monoisotopic (exact) mass is 436 g/mol. The van der Waals surface area contributed by atoms with E-state index in [-0.39, 0.29) is 0 Å². The molecule has 2 aromatic heterocycles. The maximum absolute atomic E-state index is 11.7. The molecule has 0 aliphatic carbocycles. The van der Waals surface area contributed by atoms with Crippen molar-refractivity contribution in [2.75, 3.05) is 7.11 Å². The maximum atomic E-state index is 11.7. The lowest BCUT2D eigenvalue weighted by Gasteiger charge is -2.08. The van der Waals surface area contributed by atoms with E-state index in [2.05, 4.69) is 29.4 Å². The Morgan fingerprint density at radius 3 is 2.55 bits per heavy atom. The van der Waals surface area contributed by atoms with Gasteiger partial charge in [-0.2, -0.15) is 0 Å². The van der Waals surface area contributed by atoms with Gasteiger partial charge in [-0.25, -0.2) is 4.98 Å². The van der Waals surface area contributed by atoms with Crippen LogP contribution in [0.5, 0.6) is 5.75 Å². The summed E-state index contributed by atoms with van der Waals surface area (Å²) in [5.41, 5.74) is 5.24. The fraction of sp³-hybridized carbons (Fsp3) is 0.143. The average Bonchev–Trinajstić information content (AvgIpc) is 3.48. The number of ether oxygens (including phenoxy) is 1. The Hall–Kier alpha value is -4.12.